The first kappa shape index (κ1) is 16.4. The number of rotatable bonds is 3. The van der Waals surface area contributed by atoms with E-state index < -0.39 is 0 Å². The Kier molecular flexibility index (Phi) is 3.82. The second-order valence-corrected chi connectivity index (χ2v) is 6.60. The van der Waals surface area contributed by atoms with Gasteiger partial charge in [-0.05, 0) is 48.4 Å². The molecule has 2 aliphatic rings. The van der Waals surface area contributed by atoms with E-state index in [0.717, 1.165) is 35.6 Å². The number of anilines is 2. The quantitative estimate of drug-likeness (QED) is 0.917. The van der Waals surface area contributed by atoms with Gasteiger partial charge in [0, 0.05) is 29.7 Å². The van der Waals surface area contributed by atoms with Gasteiger partial charge >= 0.3 is 0 Å². The van der Waals surface area contributed by atoms with Crippen LogP contribution in [0.25, 0.3) is 0 Å². The molecule has 26 heavy (non-hydrogen) atoms. The summed E-state index contributed by atoms with van der Waals surface area (Å²) in [5, 5.41) is 14.8. The summed E-state index contributed by atoms with van der Waals surface area (Å²) in [4.78, 5) is 19.4. The lowest BCUT2D eigenvalue weighted by Crippen LogP contribution is -2.34. The minimum absolute atomic E-state index is 0.143. The molecular formula is C18H21N7O. The van der Waals surface area contributed by atoms with Gasteiger partial charge < -0.3 is 10.2 Å². The molecule has 0 radical (unpaired) electrons. The summed E-state index contributed by atoms with van der Waals surface area (Å²) in [7, 11) is 1.86. The van der Waals surface area contributed by atoms with Crippen LogP contribution in [0.3, 0.4) is 0 Å². The average molecular weight is 351 g/mol. The first-order chi connectivity index (χ1) is 12.5. The Labute approximate surface area is 151 Å². The molecule has 0 saturated heterocycles. The molecular weight excluding hydrogens is 330 g/mol. The molecule has 3 heterocycles. The summed E-state index contributed by atoms with van der Waals surface area (Å²) in [6.07, 6.45) is 0.887. The lowest BCUT2D eigenvalue weighted by atomic mass is 10.0. The lowest BCUT2D eigenvalue weighted by Gasteiger charge is -2.30. The number of carbonyl (C=O) groups excluding carboxylic acids is 1. The van der Waals surface area contributed by atoms with Crippen molar-refractivity contribution in [1.82, 2.24) is 20.2 Å². The number of nitrogens with zero attached hydrogens (tertiary/aromatic N) is 6. The molecule has 2 aromatic rings. The highest BCUT2D eigenvalue weighted by molar-refractivity contribution is 6.08. The van der Waals surface area contributed by atoms with E-state index >= 15 is 0 Å². The van der Waals surface area contributed by atoms with Crippen LogP contribution in [0.1, 0.15) is 44.4 Å². The number of fused-ring (bicyclic) bond motifs is 2. The first-order valence-corrected chi connectivity index (χ1v) is 8.71. The molecule has 0 spiro atoms. The Bertz CT molecular complexity index is 956. The van der Waals surface area contributed by atoms with E-state index in [0.29, 0.717) is 11.5 Å². The Morgan fingerprint density at radius 2 is 2.19 bits per heavy atom. The fourth-order valence-corrected chi connectivity index (χ4v) is 3.60. The maximum Gasteiger partial charge on any atom is 0.255 e. The van der Waals surface area contributed by atoms with Crippen LogP contribution in [0.2, 0.25) is 0 Å². The number of tetrazole rings is 1. The second-order valence-electron chi connectivity index (χ2n) is 6.60. The third-order valence-corrected chi connectivity index (χ3v) is 5.15. The minimum Gasteiger partial charge on any atom is -0.322 e. The normalized spacial score (nSPS) is 18.5. The Balaban J connectivity index is 1.63. The van der Waals surface area contributed by atoms with Gasteiger partial charge in [0.1, 0.15) is 0 Å². The van der Waals surface area contributed by atoms with Gasteiger partial charge in [0.25, 0.3) is 5.91 Å². The maximum absolute atomic E-state index is 13.0. The van der Waals surface area contributed by atoms with Crippen LogP contribution >= 0.6 is 0 Å². The smallest absolute Gasteiger partial charge is 0.255 e. The third kappa shape index (κ3) is 2.40. The summed E-state index contributed by atoms with van der Waals surface area (Å²) >= 11 is 0. The molecule has 8 nitrogen and oxygen atoms in total. The molecule has 0 unspecified atom stereocenters. The van der Waals surface area contributed by atoms with Crippen LogP contribution in [0, 0.1) is 0 Å². The van der Waals surface area contributed by atoms with Crippen molar-refractivity contribution >= 4 is 23.3 Å². The minimum atomic E-state index is -0.238. The number of hydrogen-bond acceptors (Lipinski definition) is 6. The fraction of sp³-hybridized carbons (Fsp3) is 0.389. The summed E-state index contributed by atoms with van der Waals surface area (Å²) in [5.41, 5.74) is 5.70. The highest BCUT2D eigenvalue weighted by atomic mass is 16.1. The number of benzene rings is 1. The molecule has 0 bridgehead atoms. The van der Waals surface area contributed by atoms with Crippen molar-refractivity contribution in [2.24, 2.45) is 4.99 Å². The van der Waals surface area contributed by atoms with Crippen molar-refractivity contribution < 1.29 is 4.79 Å². The number of carbonyl (C=O) groups is 1. The average Bonchev–Trinajstić information content (AvgIpc) is 3.26. The number of aliphatic imine (C=N–C) groups is 1. The maximum atomic E-state index is 13.0. The van der Waals surface area contributed by atoms with E-state index in [-0.39, 0.29) is 11.9 Å². The molecule has 1 aromatic carbocycles. The standard InChI is InChI=1S/C18H21N7O/c1-5-15-14-8-13(7-6-12(14)9-19-15)20-17(26)16-10(2)24(4)18-21-22-23-25(18)11(16)3/h6-8,11H,5,9H2,1-4H3,(H,20,26)/t11-/m1/s1. The first-order valence-electron chi connectivity index (χ1n) is 8.71. The Hall–Kier alpha value is -3.03. The molecule has 2 aliphatic heterocycles. The van der Waals surface area contributed by atoms with E-state index in [4.69, 9.17) is 0 Å². The van der Waals surface area contributed by atoms with Gasteiger partial charge in [-0.25, -0.2) is 4.68 Å². The SMILES string of the molecule is CCC1=NCc2ccc(NC(=O)C3=C(C)N(C)c4nnnn4[C@@H]3C)cc21. The molecule has 1 atom stereocenters. The summed E-state index contributed by atoms with van der Waals surface area (Å²) in [6, 6.07) is 5.74. The molecule has 0 fully saturated rings. The van der Waals surface area contributed by atoms with Crippen LogP contribution in [-0.4, -0.2) is 38.9 Å². The highest BCUT2D eigenvalue weighted by Gasteiger charge is 2.32. The Morgan fingerprint density at radius 3 is 2.96 bits per heavy atom. The van der Waals surface area contributed by atoms with Gasteiger partial charge in [-0.2, -0.15) is 0 Å². The molecule has 0 saturated carbocycles. The van der Waals surface area contributed by atoms with Crippen LogP contribution in [-0.2, 0) is 11.3 Å². The van der Waals surface area contributed by atoms with Crippen LogP contribution in [0.4, 0.5) is 11.6 Å². The molecule has 1 N–H and O–H groups in total. The van der Waals surface area contributed by atoms with E-state index in [1.165, 1.54) is 5.56 Å². The van der Waals surface area contributed by atoms with Gasteiger partial charge in [-0.15, -0.1) is 0 Å². The van der Waals surface area contributed by atoms with Crippen molar-refractivity contribution in [3.05, 3.63) is 40.6 Å². The van der Waals surface area contributed by atoms with Gasteiger partial charge in [0.2, 0.25) is 5.95 Å². The monoisotopic (exact) mass is 351 g/mol. The molecule has 0 aliphatic carbocycles. The second kappa shape index (κ2) is 6.05. The van der Waals surface area contributed by atoms with Gasteiger partial charge in [0.15, 0.2) is 0 Å². The van der Waals surface area contributed by atoms with Crippen LogP contribution in [0.15, 0.2) is 34.5 Å². The third-order valence-electron chi connectivity index (χ3n) is 5.15. The number of allylic oxidation sites excluding steroid dienone is 1. The molecule has 1 amide bonds. The zero-order valence-corrected chi connectivity index (χ0v) is 15.3. The van der Waals surface area contributed by atoms with Crippen molar-refractivity contribution in [2.75, 3.05) is 17.3 Å². The van der Waals surface area contributed by atoms with Gasteiger partial charge in [-0.3, -0.25) is 9.79 Å². The molecule has 134 valence electrons. The number of hydrogen-bond donors (Lipinski definition) is 1. The molecule has 4 rings (SSSR count). The Morgan fingerprint density at radius 1 is 1.38 bits per heavy atom. The number of nitrogens with one attached hydrogen (secondary N) is 1. The number of amides is 1. The molecule has 8 heteroatoms. The topological polar surface area (TPSA) is 88.3 Å². The van der Waals surface area contributed by atoms with Crippen molar-refractivity contribution in [1.29, 1.82) is 0 Å². The summed E-state index contributed by atoms with van der Waals surface area (Å²) < 4.78 is 1.66. The van der Waals surface area contributed by atoms with Gasteiger partial charge in [-0.1, -0.05) is 18.1 Å². The zero-order chi connectivity index (χ0) is 18.4. The van der Waals surface area contributed by atoms with E-state index in [1.807, 2.05) is 44.0 Å². The largest absolute Gasteiger partial charge is 0.322 e. The van der Waals surface area contributed by atoms with Crippen molar-refractivity contribution in [2.45, 2.75) is 39.8 Å². The van der Waals surface area contributed by atoms with Crippen molar-refractivity contribution in [3.63, 3.8) is 0 Å². The zero-order valence-electron chi connectivity index (χ0n) is 15.3. The predicted molar refractivity (Wildman–Crippen MR) is 99.2 cm³/mol. The van der Waals surface area contributed by atoms with E-state index in [2.05, 4.69) is 32.8 Å². The summed E-state index contributed by atoms with van der Waals surface area (Å²) in [5.74, 6) is 0.490. The van der Waals surface area contributed by atoms with E-state index in [1.54, 1.807) is 4.68 Å². The van der Waals surface area contributed by atoms with Crippen molar-refractivity contribution in [3.8, 4) is 0 Å². The predicted octanol–water partition coefficient (Wildman–Crippen LogP) is 2.31. The highest BCUT2D eigenvalue weighted by Crippen LogP contribution is 2.33. The molecule has 1 aromatic heterocycles. The fourth-order valence-electron chi connectivity index (χ4n) is 3.60. The van der Waals surface area contributed by atoms with Crippen LogP contribution < -0.4 is 10.2 Å². The number of aromatic nitrogens is 4. The van der Waals surface area contributed by atoms with Crippen LogP contribution in [0.5, 0.6) is 0 Å². The lowest BCUT2D eigenvalue weighted by molar-refractivity contribution is -0.113. The van der Waals surface area contributed by atoms with Gasteiger partial charge in [0.05, 0.1) is 18.2 Å². The van der Waals surface area contributed by atoms with E-state index in [9.17, 15) is 4.79 Å². The summed E-state index contributed by atoms with van der Waals surface area (Å²) in [6.45, 7) is 6.65.